The topological polar surface area (TPSA) is 18.5 Å². The fourth-order valence-corrected chi connectivity index (χ4v) is 2.39. The van der Waals surface area contributed by atoms with Crippen molar-refractivity contribution in [3.63, 3.8) is 0 Å². The van der Waals surface area contributed by atoms with Gasteiger partial charge in [0.1, 0.15) is 11.5 Å². The fourth-order valence-electron chi connectivity index (χ4n) is 2.07. The lowest BCUT2D eigenvalue weighted by Gasteiger charge is -2.13. The molecule has 0 amide bonds. The maximum Gasteiger partial charge on any atom is 0.658 e. The van der Waals surface area contributed by atoms with Gasteiger partial charge in [0, 0.05) is 0 Å². The van der Waals surface area contributed by atoms with Crippen molar-refractivity contribution in [2.24, 2.45) is 0 Å². The number of rotatable bonds is 6. The highest BCUT2D eigenvalue weighted by Crippen LogP contribution is 2.30. The molecule has 0 aliphatic carbocycles. The zero-order chi connectivity index (χ0) is 17.0. The minimum Gasteiger partial charge on any atom is -0.525 e. The van der Waals surface area contributed by atoms with Gasteiger partial charge in [0.25, 0.3) is 0 Å². The average Bonchev–Trinajstić information content (AvgIpc) is 2.50. The summed E-state index contributed by atoms with van der Waals surface area (Å²) in [5, 5.41) is 1.08. The first kappa shape index (κ1) is 18.0. The van der Waals surface area contributed by atoms with Gasteiger partial charge in [0.15, 0.2) is 0 Å². The third-order valence-corrected chi connectivity index (χ3v) is 4.22. The quantitative estimate of drug-likeness (QED) is 0.575. The molecule has 0 aliphatic rings. The van der Waals surface area contributed by atoms with Crippen LogP contribution < -0.4 is 9.31 Å². The van der Waals surface area contributed by atoms with Crippen LogP contribution >= 0.6 is 23.2 Å². The third kappa shape index (κ3) is 4.83. The second-order valence-corrected chi connectivity index (χ2v) is 6.84. The fraction of sp³-hybridized carbons (Fsp3) is 0.333. The molecule has 2 aromatic rings. The maximum absolute atomic E-state index is 6.15. The molecule has 0 bridgehead atoms. The minimum atomic E-state index is 0.396. The molecule has 0 atom stereocenters. The van der Waals surface area contributed by atoms with Crippen LogP contribution in [0.5, 0.6) is 11.5 Å². The second kappa shape index (κ2) is 7.98. The van der Waals surface area contributed by atoms with Crippen molar-refractivity contribution in [3.8, 4) is 11.5 Å². The van der Waals surface area contributed by atoms with Gasteiger partial charge in [0.2, 0.25) is 0 Å². The van der Waals surface area contributed by atoms with E-state index in [2.05, 4.69) is 27.7 Å². The normalized spacial score (nSPS) is 11.0. The lowest BCUT2D eigenvalue weighted by molar-refractivity contribution is 0.458. The Bertz CT molecular complexity index is 615. The molecule has 0 N–H and O–H groups in total. The van der Waals surface area contributed by atoms with Crippen LogP contribution in [0.1, 0.15) is 50.7 Å². The summed E-state index contributed by atoms with van der Waals surface area (Å²) in [6.07, 6.45) is 0. The summed E-state index contributed by atoms with van der Waals surface area (Å²) >= 11 is 12.3. The Morgan fingerprint density at radius 1 is 0.739 bits per heavy atom. The predicted octanol–water partition coefficient (Wildman–Crippen LogP) is 6.23. The molecule has 2 aromatic carbocycles. The number of hydrogen-bond donors (Lipinski definition) is 0. The molecule has 0 aliphatic heterocycles. The van der Waals surface area contributed by atoms with Gasteiger partial charge in [-0.1, -0.05) is 63.0 Å². The SMILES string of the molecule is CC(C)c1ccc(Cl)c(O[B]Oc2cc(C(C)C)ccc2Cl)c1. The van der Waals surface area contributed by atoms with E-state index in [4.69, 9.17) is 32.5 Å². The van der Waals surface area contributed by atoms with Gasteiger partial charge < -0.3 is 9.31 Å². The van der Waals surface area contributed by atoms with Crippen LogP contribution in [0.3, 0.4) is 0 Å². The lowest BCUT2D eigenvalue weighted by atomic mass is 10.0. The van der Waals surface area contributed by atoms with Crippen molar-refractivity contribution in [1.29, 1.82) is 0 Å². The summed E-state index contributed by atoms with van der Waals surface area (Å²) in [4.78, 5) is 0. The number of benzene rings is 2. The molecule has 0 fully saturated rings. The maximum atomic E-state index is 6.15. The highest BCUT2D eigenvalue weighted by Gasteiger charge is 2.11. The number of halogens is 2. The first-order valence-corrected chi connectivity index (χ1v) is 8.38. The van der Waals surface area contributed by atoms with Gasteiger partial charge in [0.05, 0.1) is 10.0 Å². The van der Waals surface area contributed by atoms with Crippen molar-refractivity contribution in [3.05, 3.63) is 57.6 Å². The predicted molar refractivity (Wildman–Crippen MR) is 98.1 cm³/mol. The van der Waals surface area contributed by atoms with Crippen molar-refractivity contribution in [2.45, 2.75) is 39.5 Å². The monoisotopic (exact) mass is 349 g/mol. The molecule has 0 heterocycles. The molecule has 0 spiro atoms. The Morgan fingerprint density at radius 3 is 1.48 bits per heavy atom. The van der Waals surface area contributed by atoms with Crippen LogP contribution in [0.4, 0.5) is 0 Å². The lowest BCUT2D eigenvalue weighted by Crippen LogP contribution is -2.12. The molecule has 23 heavy (non-hydrogen) atoms. The average molecular weight is 350 g/mol. The summed E-state index contributed by atoms with van der Waals surface area (Å²) in [7, 11) is 1.26. The van der Waals surface area contributed by atoms with E-state index in [1.54, 1.807) is 0 Å². The summed E-state index contributed by atoms with van der Waals surface area (Å²) in [6, 6.07) is 11.5. The largest absolute Gasteiger partial charge is 0.658 e. The first-order valence-electron chi connectivity index (χ1n) is 7.62. The first-order chi connectivity index (χ1) is 10.9. The van der Waals surface area contributed by atoms with Gasteiger partial charge >= 0.3 is 7.69 Å². The summed E-state index contributed by atoms with van der Waals surface area (Å²) in [5.41, 5.74) is 2.30. The molecule has 5 heteroatoms. The Morgan fingerprint density at radius 2 is 1.13 bits per heavy atom. The van der Waals surface area contributed by atoms with E-state index in [9.17, 15) is 0 Å². The van der Waals surface area contributed by atoms with Gasteiger partial charge in [-0.2, -0.15) is 0 Å². The van der Waals surface area contributed by atoms with Gasteiger partial charge in [-0.25, -0.2) is 0 Å². The van der Waals surface area contributed by atoms with Crippen LogP contribution in [0.2, 0.25) is 10.0 Å². The van der Waals surface area contributed by atoms with Crippen LogP contribution in [0, 0.1) is 0 Å². The van der Waals surface area contributed by atoms with Gasteiger partial charge in [-0.3, -0.25) is 0 Å². The standard InChI is InChI=1S/C18H20BCl2O2/c1-11(2)13-5-7-15(20)17(9-13)22-19-23-18-10-14(12(3)4)6-8-16(18)21/h5-12H,1-4H3. The Kier molecular flexibility index (Phi) is 6.26. The van der Waals surface area contributed by atoms with Crippen molar-refractivity contribution in [2.75, 3.05) is 0 Å². The third-order valence-electron chi connectivity index (χ3n) is 3.59. The zero-order valence-corrected chi connectivity index (χ0v) is 15.3. The van der Waals surface area contributed by atoms with Gasteiger partial charge in [-0.05, 0) is 47.2 Å². The minimum absolute atomic E-state index is 0.396. The molecule has 2 nitrogen and oxygen atoms in total. The molecule has 0 saturated heterocycles. The Hall–Kier alpha value is -1.32. The molecule has 121 valence electrons. The highest BCUT2D eigenvalue weighted by atomic mass is 35.5. The summed E-state index contributed by atoms with van der Waals surface area (Å²) < 4.78 is 11.1. The van der Waals surface area contributed by atoms with Crippen LogP contribution in [-0.2, 0) is 0 Å². The van der Waals surface area contributed by atoms with Crippen molar-refractivity contribution >= 4 is 30.9 Å². The Balaban J connectivity index is 2.05. The van der Waals surface area contributed by atoms with Gasteiger partial charge in [-0.15, -0.1) is 0 Å². The molecular formula is C18H20BCl2O2. The summed E-state index contributed by atoms with van der Waals surface area (Å²) in [5.74, 6) is 1.92. The van der Waals surface area contributed by atoms with Crippen LogP contribution in [0.15, 0.2) is 36.4 Å². The van der Waals surface area contributed by atoms with Crippen molar-refractivity contribution in [1.82, 2.24) is 0 Å². The smallest absolute Gasteiger partial charge is 0.525 e. The van der Waals surface area contributed by atoms with E-state index in [0.29, 0.717) is 33.4 Å². The molecule has 1 radical (unpaired) electrons. The van der Waals surface area contributed by atoms with Crippen molar-refractivity contribution < 1.29 is 9.31 Å². The van der Waals surface area contributed by atoms with E-state index in [1.165, 1.54) is 7.69 Å². The molecule has 0 saturated carbocycles. The molecular weight excluding hydrogens is 330 g/mol. The molecule has 0 aromatic heterocycles. The zero-order valence-electron chi connectivity index (χ0n) is 13.8. The van der Waals surface area contributed by atoms with Crippen LogP contribution in [-0.4, -0.2) is 7.69 Å². The van der Waals surface area contributed by atoms with E-state index in [0.717, 1.165) is 11.1 Å². The summed E-state index contributed by atoms with van der Waals surface area (Å²) in [6.45, 7) is 8.46. The molecule has 2 rings (SSSR count). The second-order valence-electron chi connectivity index (χ2n) is 6.02. The molecule has 0 unspecified atom stereocenters. The van der Waals surface area contributed by atoms with E-state index >= 15 is 0 Å². The van der Waals surface area contributed by atoms with E-state index < -0.39 is 0 Å². The van der Waals surface area contributed by atoms with E-state index in [-0.39, 0.29) is 0 Å². The number of hydrogen-bond acceptors (Lipinski definition) is 2. The van der Waals surface area contributed by atoms with E-state index in [1.807, 2.05) is 36.4 Å². The highest BCUT2D eigenvalue weighted by molar-refractivity contribution is 6.33. The van der Waals surface area contributed by atoms with Crippen LogP contribution in [0.25, 0.3) is 0 Å². The Labute approximate surface area is 149 Å².